The minimum Gasteiger partial charge on any atom is -0.276 e. The van der Waals surface area contributed by atoms with Gasteiger partial charge in [-0.1, -0.05) is 48.0 Å². The van der Waals surface area contributed by atoms with E-state index in [-0.39, 0.29) is 5.71 Å². The lowest BCUT2D eigenvalue weighted by atomic mass is 10.0. The highest BCUT2D eigenvalue weighted by Gasteiger charge is 2.04. The number of hydrazone groups is 1. The molecule has 20 heavy (non-hydrogen) atoms. The van der Waals surface area contributed by atoms with E-state index in [1.165, 1.54) is 0 Å². The predicted molar refractivity (Wildman–Crippen MR) is 78.9 cm³/mol. The first kappa shape index (κ1) is 13.3. The van der Waals surface area contributed by atoms with E-state index < -0.39 is 0 Å². The third-order valence-corrected chi connectivity index (χ3v) is 2.76. The van der Waals surface area contributed by atoms with Gasteiger partial charge < -0.3 is 0 Å². The molecular formula is C16H12N4. The Bertz CT molecular complexity index is 717. The quantitative estimate of drug-likeness (QED) is 0.678. The van der Waals surface area contributed by atoms with Crippen LogP contribution >= 0.6 is 0 Å². The number of aryl methyl sites for hydroxylation is 1. The summed E-state index contributed by atoms with van der Waals surface area (Å²) in [7, 11) is 0. The second kappa shape index (κ2) is 6.17. The van der Waals surface area contributed by atoms with Crippen molar-refractivity contribution >= 4 is 11.4 Å². The molecule has 0 bridgehead atoms. The maximum absolute atomic E-state index is 8.68. The number of nitrogens with one attached hydrogen (secondary N) is 1. The average molecular weight is 260 g/mol. The molecule has 0 amide bonds. The maximum atomic E-state index is 8.68. The molecule has 4 heteroatoms. The van der Waals surface area contributed by atoms with E-state index >= 15 is 0 Å². The third kappa shape index (κ3) is 3.01. The van der Waals surface area contributed by atoms with E-state index in [1.807, 2.05) is 49.4 Å². The van der Waals surface area contributed by atoms with Gasteiger partial charge in [-0.2, -0.15) is 15.6 Å². The van der Waals surface area contributed by atoms with Crippen molar-refractivity contribution in [3.63, 3.8) is 0 Å². The maximum Gasteiger partial charge on any atom is 0.237 e. The van der Waals surface area contributed by atoms with Gasteiger partial charge in [0.1, 0.15) is 12.1 Å². The summed E-state index contributed by atoms with van der Waals surface area (Å²) in [6.45, 7) is 2.03. The van der Waals surface area contributed by atoms with E-state index in [0.717, 1.165) is 22.4 Å². The van der Waals surface area contributed by atoms with E-state index in [9.17, 15) is 0 Å². The minimum atomic E-state index is -0.205. The summed E-state index contributed by atoms with van der Waals surface area (Å²) in [6, 6.07) is 19.1. The lowest BCUT2D eigenvalue weighted by Gasteiger charge is -2.09. The summed E-state index contributed by atoms with van der Waals surface area (Å²) in [4.78, 5) is 0. The van der Waals surface area contributed by atoms with Gasteiger partial charge in [-0.15, -0.1) is 0 Å². The summed E-state index contributed by atoms with van der Waals surface area (Å²) in [6.07, 6.45) is 0. The Morgan fingerprint density at radius 2 is 1.80 bits per heavy atom. The van der Waals surface area contributed by atoms with Crippen LogP contribution in [-0.4, -0.2) is 5.71 Å². The van der Waals surface area contributed by atoms with Gasteiger partial charge >= 0.3 is 0 Å². The van der Waals surface area contributed by atoms with Gasteiger partial charge in [0.2, 0.25) is 5.71 Å². The van der Waals surface area contributed by atoms with Gasteiger partial charge in [-0.25, -0.2) is 0 Å². The molecule has 0 aliphatic heterocycles. The van der Waals surface area contributed by atoms with E-state index in [0.29, 0.717) is 0 Å². The van der Waals surface area contributed by atoms with E-state index in [2.05, 4.69) is 16.6 Å². The standard InChI is InChI=1S/C16H12N4/c1-12-5-4-6-13(9-12)15-7-2-3-8-16(15)20-19-14(10-17)11-18/h2-9,20H,1H3. The van der Waals surface area contributed by atoms with Crippen molar-refractivity contribution < 1.29 is 0 Å². The monoisotopic (exact) mass is 260 g/mol. The number of rotatable bonds is 3. The highest BCUT2D eigenvalue weighted by atomic mass is 15.3. The Kier molecular flexibility index (Phi) is 4.11. The summed E-state index contributed by atoms with van der Waals surface area (Å²) < 4.78 is 0. The largest absolute Gasteiger partial charge is 0.276 e. The zero-order valence-electron chi connectivity index (χ0n) is 11.0. The fraction of sp³-hybridized carbons (Fsp3) is 0.0625. The number of para-hydroxylation sites is 1. The van der Waals surface area contributed by atoms with Crippen molar-refractivity contribution in [1.29, 1.82) is 10.5 Å². The summed E-state index contributed by atoms with van der Waals surface area (Å²) in [5.41, 5.74) is 6.51. The van der Waals surface area contributed by atoms with Crippen molar-refractivity contribution in [3.05, 3.63) is 54.1 Å². The number of nitrogens with zero attached hydrogens (tertiary/aromatic N) is 3. The number of benzene rings is 2. The molecule has 0 aliphatic rings. The molecule has 0 saturated heterocycles. The molecule has 0 radical (unpaired) electrons. The zero-order chi connectivity index (χ0) is 14.4. The summed E-state index contributed by atoms with van der Waals surface area (Å²) in [5.74, 6) is 0. The number of nitriles is 2. The molecule has 96 valence electrons. The fourth-order valence-corrected chi connectivity index (χ4v) is 1.84. The normalized spacial score (nSPS) is 9.15. The molecular weight excluding hydrogens is 248 g/mol. The molecule has 0 saturated carbocycles. The van der Waals surface area contributed by atoms with E-state index in [1.54, 1.807) is 12.1 Å². The average Bonchev–Trinajstić information content (AvgIpc) is 2.49. The van der Waals surface area contributed by atoms with Gasteiger partial charge in [-0.3, -0.25) is 5.43 Å². The topological polar surface area (TPSA) is 72.0 Å². The lowest BCUT2D eigenvalue weighted by molar-refractivity contribution is 1.33. The van der Waals surface area contributed by atoms with Gasteiger partial charge in [0.15, 0.2) is 0 Å². The highest BCUT2D eigenvalue weighted by Crippen LogP contribution is 2.28. The van der Waals surface area contributed by atoms with Crippen LogP contribution in [-0.2, 0) is 0 Å². The van der Waals surface area contributed by atoms with E-state index in [4.69, 9.17) is 10.5 Å². The molecule has 0 spiro atoms. The van der Waals surface area contributed by atoms with Crippen molar-refractivity contribution in [2.45, 2.75) is 6.92 Å². The number of hydrogen-bond acceptors (Lipinski definition) is 4. The second-order valence-corrected chi connectivity index (χ2v) is 4.21. The molecule has 0 heterocycles. The van der Waals surface area contributed by atoms with Crippen LogP contribution in [0.3, 0.4) is 0 Å². The van der Waals surface area contributed by atoms with Crippen molar-refractivity contribution in [3.8, 4) is 23.3 Å². The van der Waals surface area contributed by atoms with Crippen molar-refractivity contribution in [1.82, 2.24) is 0 Å². The predicted octanol–water partition coefficient (Wildman–Crippen LogP) is 3.48. The minimum absolute atomic E-state index is 0.205. The molecule has 0 aromatic heterocycles. The van der Waals surface area contributed by atoms with Crippen LogP contribution in [0.4, 0.5) is 5.69 Å². The molecule has 2 rings (SSSR count). The van der Waals surface area contributed by atoms with Crippen LogP contribution < -0.4 is 5.43 Å². The Labute approximate surface area is 117 Å². The molecule has 2 aromatic carbocycles. The van der Waals surface area contributed by atoms with Crippen molar-refractivity contribution in [2.24, 2.45) is 5.10 Å². The summed E-state index contributed by atoms with van der Waals surface area (Å²) >= 11 is 0. The van der Waals surface area contributed by atoms with Crippen LogP contribution in [0.2, 0.25) is 0 Å². The fourth-order valence-electron chi connectivity index (χ4n) is 1.84. The Morgan fingerprint density at radius 3 is 2.50 bits per heavy atom. The van der Waals surface area contributed by atoms with Crippen LogP contribution in [0.15, 0.2) is 53.6 Å². The molecule has 0 atom stereocenters. The smallest absolute Gasteiger partial charge is 0.237 e. The first-order valence-corrected chi connectivity index (χ1v) is 6.04. The summed E-state index contributed by atoms with van der Waals surface area (Å²) in [5, 5.41) is 21.2. The van der Waals surface area contributed by atoms with Gasteiger partial charge in [0.25, 0.3) is 0 Å². The first-order chi connectivity index (χ1) is 9.74. The SMILES string of the molecule is Cc1cccc(-c2ccccc2NN=C(C#N)C#N)c1. The van der Waals surface area contributed by atoms with Gasteiger partial charge in [0, 0.05) is 5.56 Å². The molecule has 4 nitrogen and oxygen atoms in total. The van der Waals surface area contributed by atoms with Gasteiger partial charge in [-0.05, 0) is 18.6 Å². The van der Waals surface area contributed by atoms with Crippen LogP contribution in [0.1, 0.15) is 5.56 Å². The van der Waals surface area contributed by atoms with Crippen LogP contribution in [0, 0.1) is 29.6 Å². The number of anilines is 1. The highest BCUT2D eigenvalue weighted by molar-refractivity contribution is 6.10. The Morgan fingerprint density at radius 1 is 1.05 bits per heavy atom. The zero-order valence-corrected chi connectivity index (χ0v) is 11.0. The third-order valence-electron chi connectivity index (χ3n) is 2.76. The lowest BCUT2D eigenvalue weighted by Crippen LogP contribution is -1.97. The molecule has 0 aliphatic carbocycles. The van der Waals surface area contributed by atoms with Crippen molar-refractivity contribution in [2.75, 3.05) is 5.43 Å². The molecule has 2 aromatic rings. The number of hydrogen-bond donors (Lipinski definition) is 1. The molecule has 0 unspecified atom stereocenters. The Hall–Kier alpha value is -3.11. The van der Waals surface area contributed by atoms with Gasteiger partial charge in [0.05, 0.1) is 5.69 Å². The molecule has 1 N–H and O–H groups in total. The second-order valence-electron chi connectivity index (χ2n) is 4.21. The molecule has 0 fully saturated rings. The van der Waals surface area contributed by atoms with Crippen LogP contribution in [0.5, 0.6) is 0 Å². The first-order valence-electron chi connectivity index (χ1n) is 6.04. The Balaban J connectivity index is 2.40. The van der Waals surface area contributed by atoms with Crippen LogP contribution in [0.25, 0.3) is 11.1 Å².